The molecule has 23 heavy (non-hydrogen) atoms. The molecule has 3 rings (SSSR count). The van der Waals surface area contributed by atoms with Gasteiger partial charge in [0.05, 0.1) is 6.10 Å². The van der Waals surface area contributed by atoms with E-state index in [1.54, 1.807) is 10.8 Å². The molecule has 0 fully saturated rings. The third-order valence-corrected chi connectivity index (χ3v) is 7.10. The highest BCUT2D eigenvalue weighted by atomic mass is 79.9. The lowest BCUT2D eigenvalue weighted by atomic mass is 10.0. The first kappa shape index (κ1) is 16.6. The molecule has 0 bridgehead atoms. The molecule has 0 aliphatic rings. The van der Waals surface area contributed by atoms with Gasteiger partial charge >= 0.3 is 0 Å². The summed E-state index contributed by atoms with van der Waals surface area (Å²) in [6.45, 7) is -0.0847. The summed E-state index contributed by atoms with van der Waals surface area (Å²) in [7, 11) is -3.65. The second-order valence-corrected chi connectivity index (χ2v) is 8.35. The highest BCUT2D eigenvalue weighted by Crippen LogP contribution is 2.27. The average molecular weight is 412 g/mol. The lowest BCUT2D eigenvalue weighted by Gasteiger charge is -2.14. The molecular formula is C16H14BrNO3S2. The van der Waals surface area contributed by atoms with Gasteiger partial charge in [0.1, 0.15) is 4.90 Å². The molecule has 1 aromatic heterocycles. The molecule has 0 amide bonds. The SMILES string of the molecule is O=S(=O)(NCC(O)c1cccc2ccccc12)c1cscc1Br. The molecule has 4 nitrogen and oxygen atoms in total. The lowest BCUT2D eigenvalue weighted by Crippen LogP contribution is -2.28. The summed E-state index contributed by atoms with van der Waals surface area (Å²) in [5, 5.41) is 15.6. The van der Waals surface area contributed by atoms with E-state index in [1.807, 2.05) is 42.5 Å². The minimum absolute atomic E-state index is 0.0847. The zero-order valence-corrected chi connectivity index (χ0v) is 15.2. The Kier molecular flexibility index (Phi) is 4.84. The number of sulfonamides is 1. The molecule has 7 heteroatoms. The first-order chi connectivity index (χ1) is 11.0. The van der Waals surface area contributed by atoms with Gasteiger partial charge in [0.15, 0.2) is 0 Å². The summed E-state index contributed by atoms with van der Waals surface area (Å²) in [6, 6.07) is 13.3. The molecule has 1 unspecified atom stereocenters. The molecule has 0 spiro atoms. The van der Waals surface area contributed by atoms with Gasteiger partial charge in [-0.1, -0.05) is 42.5 Å². The molecule has 1 atom stereocenters. The number of aliphatic hydroxyl groups is 1. The highest BCUT2D eigenvalue weighted by Gasteiger charge is 2.20. The van der Waals surface area contributed by atoms with Crippen molar-refractivity contribution in [3.63, 3.8) is 0 Å². The van der Waals surface area contributed by atoms with Crippen LogP contribution in [0.1, 0.15) is 11.7 Å². The van der Waals surface area contributed by atoms with Gasteiger partial charge in [-0.05, 0) is 32.3 Å². The molecule has 0 aliphatic heterocycles. The van der Waals surface area contributed by atoms with Crippen molar-refractivity contribution < 1.29 is 13.5 Å². The molecule has 0 saturated heterocycles. The number of fused-ring (bicyclic) bond motifs is 1. The summed E-state index contributed by atoms with van der Waals surface area (Å²) < 4.78 is 27.5. The summed E-state index contributed by atoms with van der Waals surface area (Å²) in [5.74, 6) is 0. The Labute approximate surface area is 147 Å². The quantitative estimate of drug-likeness (QED) is 0.672. The molecule has 0 aliphatic carbocycles. The van der Waals surface area contributed by atoms with Gasteiger partial charge in [0.25, 0.3) is 0 Å². The van der Waals surface area contributed by atoms with Crippen LogP contribution in [-0.4, -0.2) is 20.1 Å². The van der Waals surface area contributed by atoms with Gasteiger partial charge in [0, 0.05) is 21.8 Å². The van der Waals surface area contributed by atoms with Crippen molar-refractivity contribution in [2.45, 2.75) is 11.0 Å². The number of aliphatic hydroxyl groups excluding tert-OH is 1. The monoisotopic (exact) mass is 411 g/mol. The van der Waals surface area contributed by atoms with Gasteiger partial charge in [-0.2, -0.15) is 0 Å². The van der Waals surface area contributed by atoms with E-state index in [4.69, 9.17) is 0 Å². The minimum Gasteiger partial charge on any atom is -0.387 e. The second kappa shape index (κ2) is 6.70. The fourth-order valence-corrected chi connectivity index (χ4v) is 5.77. The molecular weight excluding hydrogens is 398 g/mol. The van der Waals surface area contributed by atoms with Crippen molar-refractivity contribution in [1.82, 2.24) is 4.72 Å². The molecule has 0 saturated carbocycles. The number of benzene rings is 2. The van der Waals surface area contributed by atoms with E-state index in [0.29, 0.717) is 10.0 Å². The van der Waals surface area contributed by atoms with E-state index in [1.165, 1.54) is 11.3 Å². The number of rotatable bonds is 5. The third-order valence-electron chi connectivity index (χ3n) is 3.52. The molecule has 3 aromatic rings. The summed E-state index contributed by atoms with van der Waals surface area (Å²) >= 11 is 4.51. The van der Waals surface area contributed by atoms with Crippen LogP contribution in [0.3, 0.4) is 0 Å². The van der Waals surface area contributed by atoms with Gasteiger partial charge in [-0.15, -0.1) is 11.3 Å². The van der Waals surface area contributed by atoms with E-state index in [0.717, 1.165) is 10.8 Å². The summed E-state index contributed by atoms with van der Waals surface area (Å²) in [5.41, 5.74) is 0.704. The van der Waals surface area contributed by atoms with E-state index in [9.17, 15) is 13.5 Å². The number of thiophene rings is 1. The number of nitrogens with one attached hydrogen (secondary N) is 1. The zero-order chi connectivity index (χ0) is 16.4. The predicted molar refractivity (Wildman–Crippen MR) is 96.1 cm³/mol. The predicted octanol–water partition coefficient (Wildman–Crippen LogP) is 3.68. The standard InChI is InChI=1S/C16H14BrNO3S2/c17-14-9-22-10-16(14)23(20,21)18-8-15(19)13-7-3-5-11-4-1-2-6-12(11)13/h1-7,9-10,15,18-19H,8H2. The molecule has 2 N–H and O–H groups in total. The van der Waals surface area contributed by atoms with Crippen molar-refractivity contribution in [2.24, 2.45) is 0 Å². The normalized spacial score (nSPS) is 13.3. The third kappa shape index (κ3) is 3.49. The van der Waals surface area contributed by atoms with Crippen molar-refractivity contribution in [3.8, 4) is 0 Å². The van der Waals surface area contributed by atoms with Gasteiger partial charge < -0.3 is 5.11 Å². The van der Waals surface area contributed by atoms with Crippen LogP contribution >= 0.6 is 27.3 Å². The Hall–Kier alpha value is -1.25. The van der Waals surface area contributed by atoms with E-state index >= 15 is 0 Å². The maximum Gasteiger partial charge on any atom is 0.242 e. The van der Waals surface area contributed by atoms with Crippen LogP contribution in [0.15, 0.2) is 62.6 Å². The van der Waals surface area contributed by atoms with E-state index < -0.39 is 16.1 Å². The van der Waals surface area contributed by atoms with Crippen LogP contribution in [0.25, 0.3) is 10.8 Å². The Morgan fingerprint density at radius 1 is 1.13 bits per heavy atom. The summed E-state index contributed by atoms with van der Waals surface area (Å²) in [6.07, 6.45) is -0.923. The number of halogens is 1. The number of hydrogen-bond acceptors (Lipinski definition) is 4. The Bertz CT molecular complexity index is 932. The van der Waals surface area contributed by atoms with Crippen LogP contribution < -0.4 is 4.72 Å². The van der Waals surface area contributed by atoms with Crippen LogP contribution in [0, 0.1) is 0 Å². The van der Waals surface area contributed by atoms with Gasteiger partial charge in [-0.25, -0.2) is 13.1 Å². The fraction of sp³-hybridized carbons (Fsp3) is 0.125. The van der Waals surface area contributed by atoms with Gasteiger partial charge in [-0.3, -0.25) is 0 Å². The first-order valence-electron chi connectivity index (χ1n) is 6.86. The molecule has 120 valence electrons. The van der Waals surface area contributed by atoms with E-state index in [2.05, 4.69) is 20.7 Å². The molecule has 2 aromatic carbocycles. The first-order valence-corrected chi connectivity index (χ1v) is 10.1. The minimum atomic E-state index is -3.65. The van der Waals surface area contributed by atoms with Crippen molar-refractivity contribution in [3.05, 3.63) is 63.3 Å². The number of hydrogen-bond donors (Lipinski definition) is 2. The van der Waals surface area contributed by atoms with Crippen molar-refractivity contribution in [2.75, 3.05) is 6.54 Å². The highest BCUT2D eigenvalue weighted by molar-refractivity contribution is 9.10. The second-order valence-electron chi connectivity index (χ2n) is 5.02. The van der Waals surface area contributed by atoms with Crippen molar-refractivity contribution >= 4 is 48.1 Å². The van der Waals surface area contributed by atoms with Gasteiger partial charge in [0.2, 0.25) is 10.0 Å². The topological polar surface area (TPSA) is 66.4 Å². The fourth-order valence-electron chi connectivity index (χ4n) is 2.38. The largest absolute Gasteiger partial charge is 0.387 e. The maximum atomic E-state index is 12.3. The Balaban J connectivity index is 1.82. The summed E-state index contributed by atoms with van der Waals surface area (Å²) in [4.78, 5) is 0.188. The lowest BCUT2D eigenvalue weighted by molar-refractivity contribution is 0.183. The molecule has 1 heterocycles. The smallest absolute Gasteiger partial charge is 0.242 e. The van der Waals surface area contributed by atoms with E-state index in [-0.39, 0.29) is 11.4 Å². The maximum absolute atomic E-state index is 12.3. The van der Waals surface area contributed by atoms with Crippen LogP contribution in [0.5, 0.6) is 0 Å². The van der Waals surface area contributed by atoms with Crippen LogP contribution in [-0.2, 0) is 10.0 Å². The molecule has 0 radical (unpaired) electrons. The Morgan fingerprint density at radius 3 is 2.61 bits per heavy atom. The van der Waals surface area contributed by atoms with Crippen LogP contribution in [0.4, 0.5) is 0 Å². The Morgan fingerprint density at radius 2 is 1.87 bits per heavy atom. The average Bonchev–Trinajstić information content (AvgIpc) is 2.99. The van der Waals surface area contributed by atoms with Crippen molar-refractivity contribution in [1.29, 1.82) is 0 Å². The zero-order valence-electron chi connectivity index (χ0n) is 11.9. The van der Waals surface area contributed by atoms with Crippen LogP contribution in [0.2, 0.25) is 0 Å².